The average molecular weight is 316 g/mol. The third-order valence-corrected chi connectivity index (χ3v) is 4.38. The Bertz CT molecular complexity index is 995. The Labute approximate surface area is 125 Å². The van der Waals surface area contributed by atoms with E-state index < -0.39 is 15.6 Å². The number of nitrogen functional groups attached to an aromatic ring is 1. The Morgan fingerprint density at radius 3 is 2.45 bits per heavy atom. The lowest BCUT2D eigenvalue weighted by Gasteiger charge is -2.07. The van der Waals surface area contributed by atoms with E-state index in [1.54, 1.807) is 24.3 Å². The molecule has 0 atom stereocenters. The van der Waals surface area contributed by atoms with E-state index in [4.69, 9.17) is 5.73 Å². The molecule has 0 aliphatic rings. The maximum Gasteiger partial charge on any atom is 0.292 e. The number of aromatic amines is 1. The SMILES string of the molecule is Nc1ccc(S(=O)(=O)Nc2nc3ccccc3[nH]c2=O)cc1. The number of aromatic nitrogens is 2. The summed E-state index contributed by atoms with van der Waals surface area (Å²) in [4.78, 5) is 18.5. The topological polar surface area (TPSA) is 118 Å². The van der Waals surface area contributed by atoms with Crippen LogP contribution >= 0.6 is 0 Å². The first-order valence-electron chi connectivity index (χ1n) is 6.33. The minimum atomic E-state index is -3.91. The van der Waals surface area contributed by atoms with Gasteiger partial charge in [0, 0.05) is 5.69 Å². The van der Waals surface area contributed by atoms with Crippen LogP contribution in [0.5, 0.6) is 0 Å². The number of rotatable bonds is 3. The van der Waals surface area contributed by atoms with Crippen LogP contribution in [0.4, 0.5) is 11.5 Å². The van der Waals surface area contributed by atoms with Crippen LogP contribution in [0.1, 0.15) is 0 Å². The molecule has 2 aromatic carbocycles. The molecule has 1 heterocycles. The predicted molar refractivity (Wildman–Crippen MR) is 84.0 cm³/mol. The van der Waals surface area contributed by atoms with Crippen molar-refractivity contribution in [2.24, 2.45) is 0 Å². The van der Waals surface area contributed by atoms with Gasteiger partial charge in [-0.25, -0.2) is 13.4 Å². The molecule has 3 rings (SSSR count). The highest BCUT2D eigenvalue weighted by Crippen LogP contribution is 2.15. The molecule has 0 bridgehead atoms. The van der Waals surface area contributed by atoms with Crippen molar-refractivity contribution >= 4 is 32.6 Å². The Kier molecular flexibility index (Phi) is 3.30. The number of nitrogens with two attached hydrogens (primary N) is 1. The van der Waals surface area contributed by atoms with Crippen LogP contribution in [0.25, 0.3) is 11.0 Å². The first-order valence-corrected chi connectivity index (χ1v) is 7.81. The van der Waals surface area contributed by atoms with Gasteiger partial charge in [-0.2, -0.15) is 0 Å². The molecule has 3 aromatic rings. The Balaban J connectivity index is 2.03. The van der Waals surface area contributed by atoms with Crippen molar-refractivity contribution < 1.29 is 8.42 Å². The van der Waals surface area contributed by atoms with Gasteiger partial charge in [0.25, 0.3) is 15.6 Å². The fraction of sp³-hybridized carbons (Fsp3) is 0. The summed E-state index contributed by atoms with van der Waals surface area (Å²) >= 11 is 0. The molecule has 0 unspecified atom stereocenters. The smallest absolute Gasteiger partial charge is 0.292 e. The molecule has 7 nitrogen and oxygen atoms in total. The van der Waals surface area contributed by atoms with E-state index in [2.05, 4.69) is 14.7 Å². The Morgan fingerprint density at radius 1 is 1.05 bits per heavy atom. The van der Waals surface area contributed by atoms with E-state index in [1.165, 1.54) is 24.3 Å². The maximum absolute atomic E-state index is 12.3. The highest BCUT2D eigenvalue weighted by Gasteiger charge is 2.17. The molecule has 0 saturated carbocycles. The van der Waals surface area contributed by atoms with Gasteiger partial charge >= 0.3 is 0 Å². The van der Waals surface area contributed by atoms with E-state index in [-0.39, 0.29) is 10.7 Å². The quantitative estimate of drug-likeness (QED) is 0.630. The highest BCUT2D eigenvalue weighted by atomic mass is 32.2. The summed E-state index contributed by atoms with van der Waals surface area (Å²) in [5, 5.41) is 0. The van der Waals surface area contributed by atoms with Crippen molar-refractivity contribution in [3.05, 3.63) is 58.9 Å². The van der Waals surface area contributed by atoms with Crippen molar-refractivity contribution in [2.45, 2.75) is 4.90 Å². The molecule has 8 heteroatoms. The van der Waals surface area contributed by atoms with Crippen molar-refractivity contribution in [3.63, 3.8) is 0 Å². The van der Waals surface area contributed by atoms with Crippen LogP contribution < -0.4 is 16.0 Å². The number of para-hydroxylation sites is 2. The Morgan fingerprint density at radius 2 is 1.73 bits per heavy atom. The number of H-pyrrole nitrogens is 1. The molecule has 4 N–H and O–H groups in total. The highest BCUT2D eigenvalue weighted by molar-refractivity contribution is 7.92. The van der Waals surface area contributed by atoms with E-state index in [9.17, 15) is 13.2 Å². The maximum atomic E-state index is 12.3. The van der Waals surface area contributed by atoms with E-state index in [1.807, 2.05) is 0 Å². The minimum Gasteiger partial charge on any atom is -0.399 e. The van der Waals surface area contributed by atoms with Crippen LogP contribution in [-0.4, -0.2) is 18.4 Å². The number of nitrogens with one attached hydrogen (secondary N) is 2. The number of nitrogens with zero attached hydrogens (tertiary/aromatic N) is 1. The first-order chi connectivity index (χ1) is 10.5. The van der Waals surface area contributed by atoms with Crippen LogP contribution in [-0.2, 0) is 10.0 Å². The lowest BCUT2D eigenvalue weighted by atomic mass is 10.3. The third-order valence-electron chi connectivity index (χ3n) is 3.02. The van der Waals surface area contributed by atoms with Gasteiger partial charge in [0.05, 0.1) is 15.9 Å². The monoisotopic (exact) mass is 316 g/mol. The minimum absolute atomic E-state index is 0.00365. The second-order valence-corrected chi connectivity index (χ2v) is 6.29. The van der Waals surface area contributed by atoms with Gasteiger partial charge in [-0.1, -0.05) is 12.1 Å². The van der Waals surface area contributed by atoms with Gasteiger partial charge in [0.15, 0.2) is 0 Å². The summed E-state index contributed by atoms with van der Waals surface area (Å²) in [7, 11) is -3.91. The molecule has 0 radical (unpaired) electrons. The van der Waals surface area contributed by atoms with Gasteiger partial charge in [-0.3, -0.25) is 9.52 Å². The van der Waals surface area contributed by atoms with Gasteiger partial charge in [0.2, 0.25) is 5.82 Å². The number of sulfonamides is 1. The normalized spacial score (nSPS) is 11.5. The summed E-state index contributed by atoms with van der Waals surface area (Å²) in [5.41, 5.74) is 6.37. The second kappa shape index (κ2) is 5.15. The molecule has 0 fully saturated rings. The van der Waals surface area contributed by atoms with Crippen molar-refractivity contribution in [1.29, 1.82) is 0 Å². The predicted octanol–water partition coefficient (Wildman–Crippen LogP) is 1.31. The molecule has 22 heavy (non-hydrogen) atoms. The molecule has 0 amide bonds. The van der Waals surface area contributed by atoms with Crippen molar-refractivity contribution in [2.75, 3.05) is 10.5 Å². The summed E-state index contributed by atoms with van der Waals surface area (Å²) in [6, 6.07) is 12.5. The van der Waals surface area contributed by atoms with Crippen molar-refractivity contribution in [3.8, 4) is 0 Å². The number of benzene rings is 2. The molecule has 0 aliphatic carbocycles. The van der Waals surface area contributed by atoms with E-state index in [0.717, 1.165) is 0 Å². The Hall–Kier alpha value is -2.87. The zero-order chi connectivity index (χ0) is 15.7. The number of fused-ring (bicyclic) bond motifs is 1. The van der Waals surface area contributed by atoms with Gasteiger partial charge in [0.1, 0.15) is 0 Å². The molecule has 0 aliphatic heterocycles. The molecule has 0 spiro atoms. The molecule has 1 aromatic heterocycles. The summed E-state index contributed by atoms with van der Waals surface area (Å²) < 4.78 is 26.7. The molecule has 0 saturated heterocycles. The summed E-state index contributed by atoms with van der Waals surface area (Å²) in [5.74, 6) is -0.282. The van der Waals surface area contributed by atoms with Crippen LogP contribution in [0.2, 0.25) is 0 Å². The first kappa shape index (κ1) is 14.1. The largest absolute Gasteiger partial charge is 0.399 e. The fourth-order valence-corrected chi connectivity index (χ4v) is 2.94. The second-order valence-electron chi connectivity index (χ2n) is 4.61. The van der Waals surface area contributed by atoms with E-state index in [0.29, 0.717) is 16.7 Å². The van der Waals surface area contributed by atoms with Crippen LogP contribution in [0.15, 0.2) is 58.2 Å². The zero-order valence-electron chi connectivity index (χ0n) is 11.3. The third kappa shape index (κ3) is 2.63. The standard InChI is InChI=1S/C14H12N4O3S/c15-9-5-7-10(8-6-9)22(20,21)18-13-14(19)17-12-4-2-1-3-11(12)16-13/h1-8H,15H2,(H,16,18)(H,17,19). The number of hydrogen-bond donors (Lipinski definition) is 3. The summed E-state index contributed by atoms with van der Waals surface area (Å²) in [6.07, 6.45) is 0. The average Bonchev–Trinajstić information content (AvgIpc) is 2.48. The number of hydrogen-bond acceptors (Lipinski definition) is 5. The number of anilines is 2. The van der Waals surface area contributed by atoms with Gasteiger partial charge in [-0.15, -0.1) is 0 Å². The fourth-order valence-electron chi connectivity index (χ4n) is 1.93. The van der Waals surface area contributed by atoms with E-state index >= 15 is 0 Å². The summed E-state index contributed by atoms with van der Waals surface area (Å²) in [6.45, 7) is 0. The van der Waals surface area contributed by atoms with Gasteiger partial charge in [-0.05, 0) is 36.4 Å². The molecule has 112 valence electrons. The van der Waals surface area contributed by atoms with Crippen LogP contribution in [0, 0.1) is 0 Å². The zero-order valence-corrected chi connectivity index (χ0v) is 12.1. The molecular formula is C14H12N4O3S. The molecular weight excluding hydrogens is 304 g/mol. The lowest BCUT2D eigenvalue weighted by Crippen LogP contribution is -2.21. The lowest BCUT2D eigenvalue weighted by molar-refractivity contribution is 0.601. The van der Waals surface area contributed by atoms with Gasteiger partial charge < -0.3 is 10.7 Å². The van der Waals surface area contributed by atoms with Crippen LogP contribution in [0.3, 0.4) is 0 Å². The van der Waals surface area contributed by atoms with Crippen molar-refractivity contribution in [1.82, 2.24) is 9.97 Å².